The van der Waals surface area contributed by atoms with E-state index in [1.165, 1.54) is 6.07 Å². The van der Waals surface area contributed by atoms with Gasteiger partial charge < -0.3 is 10.1 Å². The largest absolute Gasteiger partial charge is 0.447 e. The van der Waals surface area contributed by atoms with E-state index in [1.54, 1.807) is 17.2 Å². The lowest BCUT2D eigenvalue weighted by Crippen LogP contribution is -2.51. The molecule has 1 aromatic heterocycles. The molecule has 0 bridgehead atoms. The quantitative estimate of drug-likeness (QED) is 0.913. The third kappa shape index (κ3) is 3.62. The van der Waals surface area contributed by atoms with Crippen molar-refractivity contribution in [2.24, 2.45) is 0 Å². The minimum Gasteiger partial charge on any atom is -0.447 e. The molecule has 1 amide bonds. The van der Waals surface area contributed by atoms with Crippen LogP contribution in [0.5, 0.6) is 0 Å². The highest BCUT2D eigenvalue weighted by Crippen LogP contribution is 2.23. The molecule has 2 fully saturated rings. The molecule has 2 aliphatic rings. The second-order valence-corrected chi connectivity index (χ2v) is 6.82. The van der Waals surface area contributed by atoms with Gasteiger partial charge in [0.2, 0.25) is 0 Å². The Morgan fingerprint density at radius 1 is 1.27 bits per heavy atom. The first-order chi connectivity index (χ1) is 12.6. The van der Waals surface area contributed by atoms with Gasteiger partial charge in [-0.2, -0.15) is 0 Å². The lowest BCUT2D eigenvalue weighted by molar-refractivity contribution is 0.115. The maximum absolute atomic E-state index is 14.1. The van der Waals surface area contributed by atoms with Gasteiger partial charge in [-0.15, -0.1) is 0 Å². The topological polar surface area (TPSA) is 57.7 Å². The number of pyridine rings is 1. The lowest BCUT2D eigenvalue weighted by Gasteiger charge is -2.35. The monoisotopic (exact) mass is 356 g/mol. The first kappa shape index (κ1) is 16.8. The van der Waals surface area contributed by atoms with Crippen LogP contribution in [-0.2, 0) is 11.3 Å². The Kier molecular flexibility index (Phi) is 4.46. The summed E-state index contributed by atoms with van der Waals surface area (Å²) >= 11 is 0. The summed E-state index contributed by atoms with van der Waals surface area (Å²) in [5.41, 5.74) is 3.35. The number of halogens is 1. The van der Waals surface area contributed by atoms with E-state index in [0.29, 0.717) is 25.4 Å². The molecule has 2 aromatic rings. The molecule has 136 valence electrons. The van der Waals surface area contributed by atoms with Crippen LogP contribution in [0, 0.1) is 12.7 Å². The molecule has 2 aliphatic heterocycles. The maximum atomic E-state index is 14.1. The second-order valence-electron chi connectivity index (χ2n) is 6.82. The van der Waals surface area contributed by atoms with E-state index in [-0.39, 0.29) is 18.0 Å². The van der Waals surface area contributed by atoms with Crippen molar-refractivity contribution in [2.75, 3.05) is 31.6 Å². The van der Waals surface area contributed by atoms with Gasteiger partial charge in [-0.25, -0.2) is 9.18 Å². The highest BCUT2D eigenvalue weighted by molar-refractivity contribution is 5.70. The van der Waals surface area contributed by atoms with Crippen LogP contribution in [0.25, 0.3) is 0 Å². The van der Waals surface area contributed by atoms with Gasteiger partial charge in [0.25, 0.3) is 0 Å². The van der Waals surface area contributed by atoms with E-state index in [1.807, 2.05) is 25.1 Å². The Balaban J connectivity index is 1.44. The van der Waals surface area contributed by atoms with Gasteiger partial charge in [0.05, 0.1) is 17.9 Å². The smallest absolute Gasteiger partial charge is 0.410 e. The zero-order valence-electron chi connectivity index (χ0n) is 14.6. The fourth-order valence-corrected chi connectivity index (χ4v) is 3.48. The normalized spacial score (nSPS) is 20.0. The highest BCUT2D eigenvalue weighted by atomic mass is 19.1. The zero-order valence-corrected chi connectivity index (χ0v) is 14.6. The molecule has 0 aliphatic carbocycles. The van der Waals surface area contributed by atoms with Crippen molar-refractivity contribution in [3.8, 4) is 0 Å². The summed E-state index contributed by atoms with van der Waals surface area (Å²) in [6.45, 7) is 5.15. The predicted octanol–water partition coefficient (Wildman–Crippen LogP) is 2.91. The number of aryl methyl sites for hydroxylation is 1. The summed E-state index contributed by atoms with van der Waals surface area (Å²) in [5.74, 6) is -0.275. The van der Waals surface area contributed by atoms with Gasteiger partial charge in [0.15, 0.2) is 0 Å². The molecule has 1 N–H and O–H groups in total. The number of hydrogen-bond acceptors (Lipinski definition) is 5. The first-order valence-electron chi connectivity index (χ1n) is 8.72. The van der Waals surface area contributed by atoms with Gasteiger partial charge >= 0.3 is 6.09 Å². The Bertz CT molecular complexity index is 812. The standard InChI is InChI=1S/C19H21FN4O2/c1-13-2-3-16(9-21-13)22-17-7-14(6-15(20)8-17)10-23-4-5-24-18(11-23)12-26-19(24)25/h2-3,6-9,18,22H,4-5,10-12H2,1H3/t18-/m0/s1. The van der Waals surface area contributed by atoms with E-state index in [4.69, 9.17) is 4.74 Å². The summed E-state index contributed by atoms with van der Waals surface area (Å²) in [6.07, 6.45) is 1.51. The van der Waals surface area contributed by atoms with Crippen molar-refractivity contribution in [2.45, 2.75) is 19.5 Å². The number of rotatable bonds is 4. The van der Waals surface area contributed by atoms with Crippen LogP contribution >= 0.6 is 0 Å². The Hall–Kier alpha value is -2.67. The Morgan fingerprint density at radius 2 is 2.15 bits per heavy atom. The van der Waals surface area contributed by atoms with Gasteiger partial charge in [0, 0.05) is 37.6 Å². The number of anilines is 2. The van der Waals surface area contributed by atoms with Crippen molar-refractivity contribution in [3.05, 3.63) is 53.6 Å². The number of carbonyl (C=O) groups is 1. The molecular weight excluding hydrogens is 335 g/mol. The van der Waals surface area contributed by atoms with Crippen LogP contribution < -0.4 is 5.32 Å². The van der Waals surface area contributed by atoms with Crippen molar-refractivity contribution in [3.63, 3.8) is 0 Å². The van der Waals surface area contributed by atoms with Crippen LogP contribution in [0.1, 0.15) is 11.3 Å². The molecule has 4 rings (SSSR count). The van der Waals surface area contributed by atoms with Crippen LogP contribution in [0.4, 0.5) is 20.6 Å². The molecule has 26 heavy (non-hydrogen) atoms. The van der Waals surface area contributed by atoms with E-state index in [9.17, 15) is 9.18 Å². The number of ether oxygens (including phenoxy) is 1. The summed E-state index contributed by atoms with van der Waals surface area (Å²) in [5, 5.41) is 3.20. The van der Waals surface area contributed by atoms with Crippen LogP contribution in [0.15, 0.2) is 36.5 Å². The van der Waals surface area contributed by atoms with Crippen molar-refractivity contribution < 1.29 is 13.9 Å². The summed E-state index contributed by atoms with van der Waals surface area (Å²) in [7, 11) is 0. The molecule has 2 saturated heterocycles. The van der Waals surface area contributed by atoms with Gasteiger partial charge in [-0.05, 0) is 42.8 Å². The SMILES string of the molecule is Cc1ccc(Nc2cc(F)cc(CN3CCN4C(=O)OC[C@@H]4C3)c2)cn1. The lowest BCUT2D eigenvalue weighted by atomic mass is 10.1. The molecule has 0 unspecified atom stereocenters. The number of fused-ring (bicyclic) bond motifs is 1. The van der Waals surface area contributed by atoms with Crippen molar-refractivity contribution in [1.82, 2.24) is 14.8 Å². The Labute approximate surface area is 151 Å². The number of piperazine rings is 1. The van der Waals surface area contributed by atoms with E-state index < -0.39 is 0 Å². The molecule has 0 radical (unpaired) electrons. The van der Waals surface area contributed by atoms with E-state index in [2.05, 4.69) is 15.2 Å². The number of carbonyl (C=O) groups excluding carboxylic acids is 1. The first-order valence-corrected chi connectivity index (χ1v) is 8.72. The molecule has 0 spiro atoms. The fourth-order valence-electron chi connectivity index (χ4n) is 3.48. The zero-order chi connectivity index (χ0) is 18.1. The number of nitrogens with one attached hydrogen (secondary N) is 1. The molecule has 3 heterocycles. The maximum Gasteiger partial charge on any atom is 0.410 e. The molecule has 6 nitrogen and oxygen atoms in total. The molecular formula is C19H21FN4O2. The van der Waals surface area contributed by atoms with Crippen LogP contribution in [-0.4, -0.2) is 53.2 Å². The van der Waals surface area contributed by atoms with E-state index in [0.717, 1.165) is 30.0 Å². The Morgan fingerprint density at radius 3 is 2.96 bits per heavy atom. The van der Waals surface area contributed by atoms with Crippen LogP contribution in [0.3, 0.4) is 0 Å². The number of nitrogens with zero attached hydrogens (tertiary/aromatic N) is 3. The van der Waals surface area contributed by atoms with Gasteiger partial charge in [-0.3, -0.25) is 14.8 Å². The average Bonchev–Trinajstić information content (AvgIpc) is 2.97. The number of benzene rings is 1. The third-order valence-corrected chi connectivity index (χ3v) is 4.76. The molecule has 7 heteroatoms. The van der Waals surface area contributed by atoms with Crippen molar-refractivity contribution >= 4 is 17.5 Å². The summed E-state index contributed by atoms with van der Waals surface area (Å²) in [4.78, 5) is 19.8. The van der Waals surface area contributed by atoms with Crippen molar-refractivity contribution in [1.29, 1.82) is 0 Å². The number of hydrogen-bond donors (Lipinski definition) is 1. The van der Waals surface area contributed by atoms with Gasteiger partial charge in [0.1, 0.15) is 12.4 Å². The molecule has 1 atom stereocenters. The minimum absolute atomic E-state index is 0.0982. The third-order valence-electron chi connectivity index (χ3n) is 4.76. The molecule has 1 aromatic carbocycles. The number of cyclic esters (lactones) is 1. The predicted molar refractivity (Wildman–Crippen MR) is 95.8 cm³/mol. The molecule has 0 saturated carbocycles. The average molecular weight is 356 g/mol. The number of amides is 1. The summed E-state index contributed by atoms with van der Waals surface area (Å²) < 4.78 is 19.2. The minimum atomic E-state index is -0.275. The summed E-state index contributed by atoms with van der Waals surface area (Å²) in [6, 6.07) is 8.91. The number of aromatic nitrogens is 1. The fraction of sp³-hybridized carbons (Fsp3) is 0.368. The van der Waals surface area contributed by atoms with Crippen LogP contribution in [0.2, 0.25) is 0 Å². The highest BCUT2D eigenvalue weighted by Gasteiger charge is 2.37. The van der Waals surface area contributed by atoms with Gasteiger partial charge in [-0.1, -0.05) is 0 Å². The second kappa shape index (κ2) is 6.92. The van der Waals surface area contributed by atoms with E-state index >= 15 is 0 Å².